The van der Waals surface area contributed by atoms with Crippen molar-refractivity contribution in [2.45, 2.75) is 37.6 Å². The van der Waals surface area contributed by atoms with Gasteiger partial charge in [-0.1, -0.05) is 6.42 Å². The van der Waals surface area contributed by atoms with Gasteiger partial charge in [0.2, 0.25) is 5.79 Å². The number of ether oxygens (including phenoxy) is 2. The van der Waals surface area contributed by atoms with Crippen LogP contribution in [-0.4, -0.2) is 23.2 Å². The van der Waals surface area contributed by atoms with Crippen molar-refractivity contribution in [3.05, 3.63) is 0 Å². The first kappa shape index (κ1) is 6.91. The number of fused-ring (bicyclic) bond motifs is 1. The fourth-order valence-electron chi connectivity index (χ4n) is 1.70. The molecule has 0 radical (unpaired) electrons. The van der Waals surface area contributed by atoms with Gasteiger partial charge in [-0.05, 0) is 12.8 Å². The highest BCUT2D eigenvalue weighted by molar-refractivity contribution is 5.58. The fraction of sp³-hybridized carbons (Fsp3) is 0.857. The first-order valence-corrected chi connectivity index (χ1v) is 3.83. The number of carbonyl (C=O) groups is 1. The summed E-state index contributed by atoms with van der Waals surface area (Å²) in [6.07, 6.45) is 2.61. The van der Waals surface area contributed by atoms with Gasteiger partial charge in [0.1, 0.15) is 6.10 Å². The molecule has 1 heterocycles. The minimum Gasteiger partial charge on any atom is -0.450 e. The number of hydrogen-bond donors (Lipinski definition) is 1. The number of epoxide rings is 1. The smallest absolute Gasteiger partial charge is 0.450 e. The van der Waals surface area contributed by atoms with E-state index in [0.29, 0.717) is 0 Å². The van der Waals surface area contributed by atoms with Gasteiger partial charge in [-0.15, -0.1) is 0 Å². The van der Waals surface area contributed by atoms with Crippen LogP contribution in [0.4, 0.5) is 4.79 Å². The van der Waals surface area contributed by atoms with E-state index < -0.39 is 11.9 Å². The van der Waals surface area contributed by atoms with E-state index in [1.165, 1.54) is 0 Å². The Balaban J connectivity index is 1.96. The third kappa shape index (κ3) is 1.07. The topological polar surface area (TPSA) is 59.1 Å². The van der Waals surface area contributed by atoms with E-state index in [9.17, 15) is 4.79 Å². The molecule has 2 fully saturated rings. The van der Waals surface area contributed by atoms with Crippen molar-refractivity contribution in [1.82, 2.24) is 0 Å². The lowest BCUT2D eigenvalue weighted by Crippen LogP contribution is -2.25. The van der Waals surface area contributed by atoms with E-state index in [0.717, 1.165) is 25.7 Å². The minimum absolute atomic E-state index is 0.0485. The zero-order valence-electron chi connectivity index (χ0n) is 6.08. The maximum absolute atomic E-state index is 10.2. The van der Waals surface area contributed by atoms with Gasteiger partial charge < -0.3 is 14.6 Å². The third-order valence-electron chi connectivity index (χ3n) is 2.28. The molecule has 1 aliphatic carbocycles. The minimum atomic E-state index is -1.23. The van der Waals surface area contributed by atoms with Gasteiger partial charge in [0, 0.05) is 6.42 Å². The Kier molecular flexibility index (Phi) is 1.32. The Hall–Kier alpha value is -0.770. The van der Waals surface area contributed by atoms with Gasteiger partial charge in [0.15, 0.2) is 0 Å². The molecule has 0 bridgehead atoms. The maximum atomic E-state index is 10.2. The van der Waals surface area contributed by atoms with Crippen LogP contribution in [0.25, 0.3) is 0 Å². The molecule has 1 saturated heterocycles. The Morgan fingerprint density at radius 3 is 3.09 bits per heavy atom. The van der Waals surface area contributed by atoms with Crippen LogP contribution in [0.3, 0.4) is 0 Å². The molecule has 1 saturated carbocycles. The highest BCUT2D eigenvalue weighted by Crippen LogP contribution is 2.48. The molecule has 4 heteroatoms. The van der Waals surface area contributed by atoms with Crippen molar-refractivity contribution in [2.24, 2.45) is 0 Å². The lowest BCUT2D eigenvalue weighted by atomic mass is 9.98. The quantitative estimate of drug-likeness (QED) is 0.462. The van der Waals surface area contributed by atoms with E-state index in [1.807, 2.05) is 0 Å². The summed E-state index contributed by atoms with van der Waals surface area (Å²) in [6, 6.07) is 0. The van der Waals surface area contributed by atoms with Crippen LogP contribution in [-0.2, 0) is 9.47 Å². The fourth-order valence-corrected chi connectivity index (χ4v) is 1.70. The van der Waals surface area contributed by atoms with Gasteiger partial charge in [-0.3, -0.25) is 0 Å². The SMILES string of the molecule is O=C(O)OC12CCCCC1O2. The van der Waals surface area contributed by atoms with Crippen LogP contribution in [0, 0.1) is 0 Å². The van der Waals surface area contributed by atoms with Crippen LogP contribution in [0.1, 0.15) is 25.7 Å². The van der Waals surface area contributed by atoms with Gasteiger partial charge in [-0.25, -0.2) is 4.79 Å². The first-order valence-electron chi connectivity index (χ1n) is 3.83. The first-order chi connectivity index (χ1) is 5.23. The summed E-state index contributed by atoms with van der Waals surface area (Å²) in [6.45, 7) is 0. The molecule has 62 valence electrons. The van der Waals surface area contributed by atoms with Crippen molar-refractivity contribution >= 4 is 6.16 Å². The molecule has 4 nitrogen and oxygen atoms in total. The molecule has 0 aromatic carbocycles. The molecule has 0 aromatic heterocycles. The lowest BCUT2D eigenvalue weighted by molar-refractivity contribution is -0.0261. The second-order valence-corrected chi connectivity index (χ2v) is 3.03. The van der Waals surface area contributed by atoms with Gasteiger partial charge in [-0.2, -0.15) is 0 Å². The van der Waals surface area contributed by atoms with Gasteiger partial charge in [0.25, 0.3) is 0 Å². The molecule has 2 aliphatic rings. The molecule has 1 N–H and O–H groups in total. The van der Waals surface area contributed by atoms with Crippen LogP contribution in [0.15, 0.2) is 0 Å². The highest BCUT2D eigenvalue weighted by Gasteiger charge is 2.61. The van der Waals surface area contributed by atoms with Gasteiger partial charge >= 0.3 is 6.16 Å². The molecule has 0 aromatic rings. The van der Waals surface area contributed by atoms with Crippen molar-refractivity contribution in [2.75, 3.05) is 0 Å². The van der Waals surface area contributed by atoms with Crippen LogP contribution < -0.4 is 0 Å². The zero-order valence-corrected chi connectivity index (χ0v) is 6.08. The number of carboxylic acid groups (broad SMARTS) is 1. The summed E-state index contributed by atoms with van der Waals surface area (Å²) in [5.41, 5.74) is 0. The predicted octanol–water partition coefficient (Wildman–Crippen LogP) is 1.35. The summed E-state index contributed by atoms with van der Waals surface area (Å²) >= 11 is 0. The second kappa shape index (κ2) is 2.11. The normalized spacial score (nSPS) is 40.9. The number of hydrogen-bond acceptors (Lipinski definition) is 3. The average molecular weight is 158 g/mol. The van der Waals surface area contributed by atoms with E-state index in [2.05, 4.69) is 4.74 Å². The molecule has 0 spiro atoms. The molecule has 2 unspecified atom stereocenters. The number of rotatable bonds is 1. The Morgan fingerprint density at radius 1 is 1.64 bits per heavy atom. The molecular weight excluding hydrogens is 148 g/mol. The largest absolute Gasteiger partial charge is 0.508 e. The van der Waals surface area contributed by atoms with Crippen molar-refractivity contribution in [3.63, 3.8) is 0 Å². The van der Waals surface area contributed by atoms with Crippen molar-refractivity contribution in [1.29, 1.82) is 0 Å². The Bertz CT molecular complexity index is 191. The predicted molar refractivity (Wildman–Crippen MR) is 35.2 cm³/mol. The third-order valence-corrected chi connectivity index (χ3v) is 2.28. The summed E-state index contributed by atoms with van der Waals surface area (Å²) in [5, 5.41) is 8.36. The summed E-state index contributed by atoms with van der Waals surface area (Å²) < 4.78 is 9.82. The Morgan fingerprint density at radius 2 is 2.45 bits per heavy atom. The second-order valence-electron chi connectivity index (χ2n) is 3.03. The summed E-state index contributed by atoms with van der Waals surface area (Å²) in [7, 11) is 0. The highest BCUT2D eigenvalue weighted by atomic mass is 16.8. The lowest BCUT2D eigenvalue weighted by Gasteiger charge is -2.14. The Labute approximate surface area is 64.1 Å². The van der Waals surface area contributed by atoms with Crippen LogP contribution in [0.2, 0.25) is 0 Å². The molecule has 11 heavy (non-hydrogen) atoms. The van der Waals surface area contributed by atoms with Crippen molar-refractivity contribution in [3.8, 4) is 0 Å². The van der Waals surface area contributed by atoms with Crippen molar-refractivity contribution < 1.29 is 19.4 Å². The average Bonchev–Trinajstić information content (AvgIpc) is 2.59. The van der Waals surface area contributed by atoms with Crippen LogP contribution in [0.5, 0.6) is 0 Å². The van der Waals surface area contributed by atoms with E-state index in [-0.39, 0.29) is 6.10 Å². The molecular formula is C7H10O4. The molecule has 0 amide bonds. The molecule has 2 rings (SSSR count). The molecule has 1 aliphatic heterocycles. The van der Waals surface area contributed by atoms with Crippen LogP contribution >= 0.6 is 0 Å². The standard InChI is InChI=1S/C7H10O4/c8-6(9)11-7-4-2-1-3-5(7)10-7/h5H,1-4H2,(H,8,9). The zero-order chi connectivity index (χ0) is 7.90. The maximum Gasteiger partial charge on any atom is 0.508 e. The molecule has 2 atom stereocenters. The summed E-state index contributed by atoms with van der Waals surface area (Å²) in [5.74, 6) is -0.732. The van der Waals surface area contributed by atoms with E-state index in [4.69, 9.17) is 9.84 Å². The van der Waals surface area contributed by atoms with E-state index in [1.54, 1.807) is 0 Å². The van der Waals surface area contributed by atoms with Gasteiger partial charge in [0.05, 0.1) is 0 Å². The summed E-state index contributed by atoms with van der Waals surface area (Å²) in [4.78, 5) is 10.2. The monoisotopic (exact) mass is 158 g/mol. The van der Waals surface area contributed by atoms with E-state index >= 15 is 0 Å².